The highest BCUT2D eigenvalue weighted by atomic mass is 16.5. The maximum atomic E-state index is 14.5. The van der Waals surface area contributed by atoms with E-state index in [9.17, 15) is 4.79 Å². The summed E-state index contributed by atoms with van der Waals surface area (Å²) in [6.07, 6.45) is 0. The lowest BCUT2D eigenvalue weighted by Crippen LogP contribution is -2.16. The first-order valence-electron chi connectivity index (χ1n) is 18.7. The molecule has 0 saturated heterocycles. The van der Waals surface area contributed by atoms with Gasteiger partial charge in [-0.05, 0) is 65.1 Å². The Kier molecular flexibility index (Phi) is 13.1. The number of aryl methyl sites for hydroxylation is 1. The Bertz CT molecular complexity index is 2340. The number of hydrogen-bond donors (Lipinski definition) is 0. The van der Waals surface area contributed by atoms with Gasteiger partial charge in [-0.3, -0.25) is 4.79 Å². The van der Waals surface area contributed by atoms with Gasteiger partial charge in [0.25, 0.3) is 0 Å². The minimum atomic E-state index is -0.355. The smallest absolute Gasteiger partial charge is 0.239 e. The third-order valence-corrected chi connectivity index (χ3v) is 8.94. The van der Waals surface area contributed by atoms with Crippen LogP contribution in [0.25, 0.3) is 22.3 Å². The molecule has 1 heterocycles. The van der Waals surface area contributed by atoms with Crippen molar-refractivity contribution in [2.45, 2.75) is 33.4 Å². The predicted molar refractivity (Wildman–Crippen MR) is 217 cm³/mol. The molecular formula is C48H44O8. The average Bonchev–Trinajstić information content (AvgIpc) is 3.24. The fourth-order valence-corrected chi connectivity index (χ4v) is 6.11. The molecule has 0 aliphatic heterocycles. The van der Waals surface area contributed by atoms with E-state index in [2.05, 4.69) is 0 Å². The molecule has 8 heteroatoms. The Hall–Kier alpha value is -6.35. The van der Waals surface area contributed by atoms with Crippen LogP contribution in [-0.4, -0.2) is 26.4 Å². The molecule has 7 aromatic rings. The number of ether oxygens (including phenoxy) is 6. The lowest BCUT2D eigenvalue weighted by Gasteiger charge is -2.17. The van der Waals surface area contributed by atoms with Crippen LogP contribution in [0.3, 0.4) is 0 Å². The fourth-order valence-electron chi connectivity index (χ4n) is 6.11. The van der Waals surface area contributed by atoms with Gasteiger partial charge in [-0.2, -0.15) is 0 Å². The Labute approximate surface area is 326 Å². The zero-order valence-electron chi connectivity index (χ0n) is 31.4. The number of rotatable bonds is 19. The summed E-state index contributed by atoms with van der Waals surface area (Å²) in [7, 11) is 0. The lowest BCUT2D eigenvalue weighted by molar-refractivity contribution is 0.0302. The third-order valence-electron chi connectivity index (χ3n) is 8.94. The molecule has 284 valence electrons. The number of hydrogen-bond acceptors (Lipinski definition) is 8. The van der Waals surface area contributed by atoms with Gasteiger partial charge in [0, 0.05) is 5.56 Å². The van der Waals surface area contributed by atoms with E-state index in [0.717, 1.165) is 27.8 Å². The summed E-state index contributed by atoms with van der Waals surface area (Å²) >= 11 is 0. The molecule has 0 aliphatic rings. The third kappa shape index (κ3) is 10.2. The van der Waals surface area contributed by atoms with Crippen LogP contribution in [-0.2, 0) is 35.9 Å². The highest BCUT2D eigenvalue weighted by Crippen LogP contribution is 2.39. The van der Waals surface area contributed by atoms with Crippen molar-refractivity contribution < 1.29 is 32.8 Å². The first-order valence-corrected chi connectivity index (χ1v) is 18.7. The van der Waals surface area contributed by atoms with Gasteiger partial charge >= 0.3 is 0 Å². The van der Waals surface area contributed by atoms with E-state index in [-0.39, 0.29) is 36.8 Å². The quantitative estimate of drug-likeness (QED) is 0.0756. The van der Waals surface area contributed by atoms with Crippen molar-refractivity contribution in [3.8, 4) is 34.3 Å². The highest BCUT2D eigenvalue weighted by Gasteiger charge is 2.23. The molecule has 0 aliphatic carbocycles. The first kappa shape index (κ1) is 37.9. The van der Waals surface area contributed by atoms with E-state index >= 15 is 0 Å². The zero-order chi connectivity index (χ0) is 38.4. The van der Waals surface area contributed by atoms with Crippen molar-refractivity contribution in [1.82, 2.24) is 0 Å². The molecule has 0 saturated carbocycles. The van der Waals surface area contributed by atoms with Crippen LogP contribution >= 0.6 is 0 Å². The average molecular weight is 749 g/mol. The summed E-state index contributed by atoms with van der Waals surface area (Å²) in [5.74, 6) is 1.76. The van der Waals surface area contributed by atoms with Crippen molar-refractivity contribution in [3.63, 3.8) is 0 Å². The summed E-state index contributed by atoms with van der Waals surface area (Å²) < 4.78 is 43.4. The van der Waals surface area contributed by atoms with Crippen LogP contribution in [0.5, 0.6) is 23.0 Å². The van der Waals surface area contributed by atoms with Crippen molar-refractivity contribution in [1.29, 1.82) is 0 Å². The van der Waals surface area contributed by atoms with Gasteiger partial charge in [-0.15, -0.1) is 0 Å². The number of benzene rings is 6. The summed E-state index contributed by atoms with van der Waals surface area (Å²) in [5, 5.41) is 0.295. The van der Waals surface area contributed by atoms with Gasteiger partial charge in [-0.25, -0.2) is 0 Å². The molecule has 0 N–H and O–H groups in total. The Morgan fingerprint density at radius 3 is 1.55 bits per heavy atom. The maximum absolute atomic E-state index is 14.5. The second kappa shape index (κ2) is 19.3. The van der Waals surface area contributed by atoms with Gasteiger partial charge < -0.3 is 32.8 Å². The predicted octanol–water partition coefficient (Wildman–Crippen LogP) is 10.1. The van der Waals surface area contributed by atoms with E-state index in [0.29, 0.717) is 66.8 Å². The van der Waals surface area contributed by atoms with Gasteiger partial charge in [0.05, 0.1) is 26.4 Å². The molecule has 0 radical (unpaired) electrons. The minimum absolute atomic E-state index is 0.0433. The highest BCUT2D eigenvalue weighted by molar-refractivity contribution is 5.88. The first-order chi connectivity index (χ1) is 27.6. The molecule has 0 fully saturated rings. The molecule has 0 bridgehead atoms. The van der Waals surface area contributed by atoms with Crippen molar-refractivity contribution >= 4 is 11.0 Å². The van der Waals surface area contributed by atoms with E-state index in [4.69, 9.17) is 32.8 Å². The monoisotopic (exact) mass is 748 g/mol. The lowest BCUT2D eigenvalue weighted by atomic mass is 10.1. The Morgan fingerprint density at radius 1 is 0.464 bits per heavy atom. The number of fused-ring (bicyclic) bond motifs is 1. The summed E-state index contributed by atoms with van der Waals surface area (Å²) in [4.78, 5) is 14.5. The van der Waals surface area contributed by atoms with Crippen molar-refractivity contribution in [2.75, 3.05) is 26.4 Å². The SMILES string of the molecule is Cc1cc(OCc2ccccc2)c2c(=O)c(OCCOCCOCc3ccccc3)c(-c3ccc(OCc4ccccc4)c(OCc4ccccc4)c3)oc2c1. The molecule has 0 amide bonds. The van der Waals surface area contributed by atoms with Crippen LogP contribution in [0, 0.1) is 6.92 Å². The standard InChI is InChI=1S/C48H44O8/c1-35-28-43(55-34-39-20-12-5-13-21-39)45-44(29-35)56-47(48(46(45)49)52-27-26-50-24-25-51-31-36-14-6-2-7-15-36)40-22-23-41(53-32-37-16-8-3-9-17-37)42(30-40)54-33-38-18-10-4-11-19-38/h2-23,28-30H,24-27,31-34H2,1H3. The second-order valence-electron chi connectivity index (χ2n) is 13.2. The Morgan fingerprint density at radius 2 is 0.964 bits per heavy atom. The molecule has 6 aromatic carbocycles. The molecular weight excluding hydrogens is 705 g/mol. The van der Waals surface area contributed by atoms with E-state index in [1.807, 2.05) is 159 Å². The Balaban J connectivity index is 1.18. The van der Waals surface area contributed by atoms with Gasteiger partial charge in [0.2, 0.25) is 11.2 Å². The molecule has 8 nitrogen and oxygen atoms in total. The molecule has 0 unspecified atom stereocenters. The van der Waals surface area contributed by atoms with E-state index in [1.54, 1.807) is 0 Å². The molecule has 56 heavy (non-hydrogen) atoms. The zero-order valence-corrected chi connectivity index (χ0v) is 31.4. The summed E-state index contributed by atoms with van der Waals surface area (Å²) in [6.45, 7) is 4.51. The van der Waals surface area contributed by atoms with Crippen molar-refractivity contribution in [2.24, 2.45) is 0 Å². The summed E-state index contributed by atoms with van der Waals surface area (Å²) in [5.41, 5.74) is 5.57. The van der Waals surface area contributed by atoms with E-state index in [1.165, 1.54) is 0 Å². The maximum Gasteiger partial charge on any atom is 0.239 e. The van der Waals surface area contributed by atoms with Crippen LogP contribution in [0.2, 0.25) is 0 Å². The van der Waals surface area contributed by atoms with Crippen LogP contribution < -0.4 is 24.4 Å². The van der Waals surface area contributed by atoms with Crippen molar-refractivity contribution in [3.05, 3.63) is 190 Å². The summed E-state index contributed by atoms with van der Waals surface area (Å²) in [6, 6.07) is 48.8. The molecule has 0 atom stereocenters. The van der Waals surface area contributed by atoms with E-state index < -0.39 is 0 Å². The molecule has 0 spiro atoms. The molecule has 1 aromatic heterocycles. The van der Waals surface area contributed by atoms with Crippen LogP contribution in [0.1, 0.15) is 27.8 Å². The second-order valence-corrected chi connectivity index (χ2v) is 13.2. The van der Waals surface area contributed by atoms with Crippen LogP contribution in [0.4, 0.5) is 0 Å². The van der Waals surface area contributed by atoms with Crippen LogP contribution in [0.15, 0.2) is 161 Å². The van der Waals surface area contributed by atoms with Gasteiger partial charge in [-0.1, -0.05) is 121 Å². The normalized spacial score (nSPS) is 11.0. The minimum Gasteiger partial charge on any atom is -0.488 e. The van der Waals surface area contributed by atoms with Gasteiger partial charge in [0.15, 0.2) is 17.3 Å². The molecule has 7 rings (SSSR count). The topological polar surface area (TPSA) is 85.6 Å². The largest absolute Gasteiger partial charge is 0.488 e. The fraction of sp³-hybridized carbons (Fsp3) is 0.188. The van der Waals surface area contributed by atoms with Gasteiger partial charge in [0.1, 0.15) is 43.1 Å².